The number of ether oxygens (including phenoxy) is 2. The number of rotatable bonds is 9. The van der Waals surface area contributed by atoms with E-state index in [1.54, 1.807) is 12.1 Å². The van der Waals surface area contributed by atoms with E-state index in [2.05, 4.69) is 9.84 Å². The molecule has 0 aliphatic heterocycles. The lowest BCUT2D eigenvalue weighted by atomic mass is 10.0. The topological polar surface area (TPSA) is 53.4 Å². The molecule has 0 saturated carbocycles. The molecule has 4 aromatic rings. The third-order valence-electron chi connectivity index (χ3n) is 5.86. The number of aryl methyl sites for hydroxylation is 2. The first-order valence-electron chi connectivity index (χ1n) is 11.6. The zero-order valence-corrected chi connectivity index (χ0v) is 20.2. The molecule has 0 amide bonds. The standard InChI is InChI=1S/C28H23F5N2O3/c1-37-25-15-21(13-14-24(25)38-27(29)30)23-16-22(28(31,32)33)26(36)35(34-23)17-20-11-9-19(10-12-20)8-7-18-5-3-2-4-6-18/h2-6,9-16,27H,7-8,17H2,1H3. The molecule has 10 heteroatoms. The monoisotopic (exact) mass is 530 g/mol. The summed E-state index contributed by atoms with van der Waals surface area (Å²) in [7, 11) is 1.20. The van der Waals surface area contributed by atoms with Gasteiger partial charge in [-0.2, -0.15) is 27.1 Å². The summed E-state index contributed by atoms with van der Waals surface area (Å²) in [6.07, 6.45) is -3.31. The minimum Gasteiger partial charge on any atom is -0.493 e. The second-order valence-electron chi connectivity index (χ2n) is 8.45. The molecule has 0 aliphatic rings. The molecule has 4 rings (SSSR count). The molecule has 3 aromatic carbocycles. The van der Waals surface area contributed by atoms with Gasteiger partial charge in [0.1, 0.15) is 5.56 Å². The van der Waals surface area contributed by atoms with E-state index in [1.165, 1.54) is 24.8 Å². The van der Waals surface area contributed by atoms with Crippen LogP contribution in [0.1, 0.15) is 22.3 Å². The molecule has 198 valence electrons. The third-order valence-corrected chi connectivity index (χ3v) is 5.86. The summed E-state index contributed by atoms with van der Waals surface area (Å²) in [4.78, 5) is 12.7. The molecule has 38 heavy (non-hydrogen) atoms. The van der Waals surface area contributed by atoms with Gasteiger partial charge in [-0.1, -0.05) is 54.6 Å². The van der Waals surface area contributed by atoms with Gasteiger partial charge in [0.25, 0.3) is 5.56 Å². The highest BCUT2D eigenvalue weighted by molar-refractivity contribution is 5.64. The van der Waals surface area contributed by atoms with Crippen molar-refractivity contribution in [1.29, 1.82) is 0 Å². The maximum atomic E-state index is 13.7. The van der Waals surface area contributed by atoms with Gasteiger partial charge in [0.05, 0.1) is 19.3 Å². The van der Waals surface area contributed by atoms with Crippen LogP contribution < -0.4 is 15.0 Å². The highest BCUT2D eigenvalue weighted by Gasteiger charge is 2.35. The van der Waals surface area contributed by atoms with Crippen LogP contribution in [0.25, 0.3) is 11.3 Å². The normalized spacial score (nSPS) is 11.6. The average molecular weight is 530 g/mol. The Bertz CT molecular complexity index is 1440. The smallest absolute Gasteiger partial charge is 0.421 e. The molecule has 0 atom stereocenters. The van der Waals surface area contributed by atoms with Crippen molar-refractivity contribution in [2.75, 3.05) is 7.11 Å². The van der Waals surface area contributed by atoms with Crippen LogP contribution >= 0.6 is 0 Å². The van der Waals surface area contributed by atoms with Crippen molar-refractivity contribution < 1.29 is 31.4 Å². The van der Waals surface area contributed by atoms with Gasteiger partial charge in [-0.15, -0.1) is 0 Å². The van der Waals surface area contributed by atoms with E-state index < -0.39 is 23.9 Å². The van der Waals surface area contributed by atoms with Crippen molar-refractivity contribution in [2.24, 2.45) is 0 Å². The molecule has 0 saturated heterocycles. The Kier molecular flexibility index (Phi) is 8.09. The van der Waals surface area contributed by atoms with Gasteiger partial charge < -0.3 is 9.47 Å². The number of benzene rings is 3. The number of halogens is 5. The molecular formula is C28H23F5N2O3. The molecule has 1 heterocycles. The summed E-state index contributed by atoms with van der Waals surface area (Å²) >= 11 is 0. The Balaban J connectivity index is 1.63. The number of aromatic nitrogens is 2. The SMILES string of the molecule is COc1cc(-c2cc(C(F)(F)F)c(=O)n(Cc3ccc(CCc4ccccc4)cc3)n2)ccc1OC(F)F. The Morgan fingerprint density at radius 2 is 1.47 bits per heavy atom. The second kappa shape index (κ2) is 11.5. The first-order chi connectivity index (χ1) is 18.1. The molecule has 0 bridgehead atoms. The minimum atomic E-state index is -4.93. The summed E-state index contributed by atoms with van der Waals surface area (Å²) in [6, 6.07) is 21.4. The quantitative estimate of drug-likeness (QED) is 0.236. The number of methoxy groups -OCH3 is 1. The average Bonchev–Trinajstić information content (AvgIpc) is 2.89. The van der Waals surface area contributed by atoms with Gasteiger partial charge in [-0.25, -0.2) is 4.68 Å². The summed E-state index contributed by atoms with van der Waals surface area (Å²) in [5, 5.41) is 4.14. The van der Waals surface area contributed by atoms with Crippen LogP contribution in [0.2, 0.25) is 0 Å². The van der Waals surface area contributed by atoms with E-state index in [9.17, 15) is 26.7 Å². The van der Waals surface area contributed by atoms with Crippen LogP contribution in [0.4, 0.5) is 22.0 Å². The summed E-state index contributed by atoms with van der Waals surface area (Å²) < 4.78 is 76.6. The molecule has 0 radical (unpaired) electrons. The zero-order valence-electron chi connectivity index (χ0n) is 20.2. The van der Waals surface area contributed by atoms with Gasteiger partial charge in [0, 0.05) is 5.56 Å². The van der Waals surface area contributed by atoms with Gasteiger partial charge >= 0.3 is 12.8 Å². The molecule has 0 fully saturated rings. The fourth-order valence-electron chi connectivity index (χ4n) is 3.93. The molecule has 5 nitrogen and oxygen atoms in total. The van der Waals surface area contributed by atoms with E-state index in [1.807, 2.05) is 42.5 Å². The third kappa shape index (κ3) is 6.56. The van der Waals surface area contributed by atoms with E-state index in [0.29, 0.717) is 11.6 Å². The van der Waals surface area contributed by atoms with Crippen LogP contribution in [0.5, 0.6) is 11.5 Å². The fraction of sp³-hybridized carbons (Fsp3) is 0.214. The first kappa shape index (κ1) is 26.8. The number of alkyl halides is 5. The van der Waals surface area contributed by atoms with Crippen LogP contribution in [0.3, 0.4) is 0 Å². The van der Waals surface area contributed by atoms with Gasteiger partial charge in [-0.3, -0.25) is 4.79 Å². The second-order valence-corrected chi connectivity index (χ2v) is 8.45. The van der Waals surface area contributed by atoms with Gasteiger partial charge in [0.2, 0.25) is 0 Å². The number of nitrogens with zero attached hydrogens (tertiary/aromatic N) is 2. The largest absolute Gasteiger partial charge is 0.493 e. The Labute approximate surface area is 215 Å². The van der Waals surface area contributed by atoms with E-state index in [4.69, 9.17) is 4.74 Å². The Morgan fingerprint density at radius 3 is 2.08 bits per heavy atom. The first-order valence-corrected chi connectivity index (χ1v) is 11.6. The van der Waals surface area contributed by atoms with Crippen LogP contribution in [-0.4, -0.2) is 23.5 Å². The predicted octanol–water partition coefficient (Wildman–Crippen LogP) is 6.37. The number of hydrogen-bond donors (Lipinski definition) is 0. The Hall–Kier alpha value is -4.21. The van der Waals surface area contributed by atoms with Crippen molar-refractivity contribution in [1.82, 2.24) is 9.78 Å². The van der Waals surface area contributed by atoms with Crippen LogP contribution in [0.15, 0.2) is 83.7 Å². The summed E-state index contributed by atoms with van der Waals surface area (Å²) in [6.45, 7) is -3.31. The molecule has 0 unspecified atom stereocenters. The molecule has 0 spiro atoms. The van der Waals surface area contributed by atoms with E-state index in [0.717, 1.165) is 29.2 Å². The fourth-order valence-corrected chi connectivity index (χ4v) is 3.93. The van der Waals surface area contributed by atoms with Crippen molar-refractivity contribution in [2.45, 2.75) is 32.2 Å². The summed E-state index contributed by atoms with van der Waals surface area (Å²) in [5.74, 6) is -0.412. The van der Waals surface area contributed by atoms with Crippen LogP contribution in [0, 0.1) is 0 Å². The maximum absolute atomic E-state index is 13.7. The van der Waals surface area contributed by atoms with Crippen molar-refractivity contribution in [3.05, 3.63) is 111 Å². The van der Waals surface area contributed by atoms with E-state index >= 15 is 0 Å². The molecule has 1 aromatic heterocycles. The highest BCUT2D eigenvalue weighted by Crippen LogP contribution is 2.34. The van der Waals surface area contributed by atoms with Crippen molar-refractivity contribution in [3.8, 4) is 22.8 Å². The van der Waals surface area contributed by atoms with Crippen molar-refractivity contribution in [3.63, 3.8) is 0 Å². The Morgan fingerprint density at radius 1 is 0.842 bits per heavy atom. The highest BCUT2D eigenvalue weighted by atomic mass is 19.4. The van der Waals surface area contributed by atoms with E-state index in [-0.39, 0.29) is 29.3 Å². The molecule has 0 N–H and O–H groups in total. The lowest BCUT2D eigenvalue weighted by Crippen LogP contribution is -2.31. The van der Waals surface area contributed by atoms with Gasteiger partial charge in [-0.05, 0) is 53.8 Å². The van der Waals surface area contributed by atoms with Crippen LogP contribution in [-0.2, 0) is 25.6 Å². The summed E-state index contributed by atoms with van der Waals surface area (Å²) in [5.41, 5.74) is 0.0758. The van der Waals surface area contributed by atoms with Crippen molar-refractivity contribution >= 4 is 0 Å². The maximum Gasteiger partial charge on any atom is 0.421 e. The molecular weight excluding hydrogens is 507 g/mol. The number of hydrogen-bond acceptors (Lipinski definition) is 4. The lowest BCUT2D eigenvalue weighted by molar-refractivity contribution is -0.139. The zero-order chi connectivity index (χ0) is 27.3. The molecule has 0 aliphatic carbocycles. The minimum absolute atomic E-state index is 0.123. The predicted molar refractivity (Wildman–Crippen MR) is 132 cm³/mol. The lowest BCUT2D eigenvalue weighted by Gasteiger charge is -2.15. The van der Waals surface area contributed by atoms with Gasteiger partial charge in [0.15, 0.2) is 11.5 Å².